The molecule has 1 amide bonds. The van der Waals surface area contributed by atoms with Crippen molar-refractivity contribution in [1.29, 1.82) is 0 Å². The fourth-order valence-corrected chi connectivity index (χ4v) is 1.29. The van der Waals surface area contributed by atoms with Crippen LogP contribution in [0.4, 0.5) is 11.4 Å². The fraction of sp³-hybridized carbons (Fsp3) is 0.364. The minimum absolute atomic E-state index is 0.0784. The molecule has 0 radical (unpaired) electrons. The van der Waals surface area contributed by atoms with Crippen LogP contribution in [0.25, 0.3) is 0 Å². The summed E-state index contributed by atoms with van der Waals surface area (Å²) in [7, 11) is 0. The number of anilines is 2. The van der Waals surface area contributed by atoms with Gasteiger partial charge < -0.3 is 11.1 Å². The summed E-state index contributed by atoms with van der Waals surface area (Å²) in [6.07, 6.45) is 0. The number of carbonyl (C=O) groups excluding carboxylic acids is 1. The molecule has 1 aromatic carbocycles. The molecule has 76 valence electrons. The predicted octanol–water partition coefficient (Wildman–Crippen LogP) is 2.35. The molecular weight excluding hydrogens is 176 g/mol. The van der Waals surface area contributed by atoms with E-state index in [1.165, 1.54) is 6.92 Å². The summed E-state index contributed by atoms with van der Waals surface area (Å²) >= 11 is 0. The lowest BCUT2D eigenvalue weighted by atomic mass is 10.0. The average molecular weight is 192 g/mol. The minimum atomic E-state index is -0.0784. The lowest BCUT2D eigenvalue weighted by Gasteiger charge is -2.10. The Morgan fingerprint density at radius 2 is 2.00 bits per heavy atom. The van der Waals surface area contributed by atoms with Crippen LogP contribution in [0.2, 0.25) is 0 Å². The van der Waals surface area contributed by atoms with Crippen LogP contribution in [0.15, 0.2) is 18.2 Å². The molecule has 0 heterocycles. The van der Waals surface area contributed by atoms with E-state index in [4.69, 9.17) is 5.73 Å². The highest BCUT2D eigenvalue weighted by molar-refractivity contribution is 5.89. The number of amides is 1. The van der Waals surface area contributed by atoms with Gasteiger partial charge in [-0.05, 0) is 29.7 Å². The summed E-state index contributed by atoms with van der Waals surface area (Å²) in [5, 5.41) is 2.72. The Labute approximate surface area is 84.3 Å². The topological polar surface area (TPSA) is 55.1 Å². The van der Waals surface area contributed by atoms with Crippen LogP contribution in [0.1, 0.15) is 32.3 Å². The summed E-state index contributed by atoms with van der Waals surface area (Å²) in [5.74, 6) is 0.330. The second kappa shape index (κ2) is 4.13. The maximum absolute atomic E-state index is 10.9. The first-order valence-corrected chi connectivity index (χ1v) is 4.67. The van der Waals surface area contributed by atoms with E-state index in [9.17, 15) is 4.79 Å². The molecule has 14 heavy (non-hydrogen) atoms. The van der Waals surface area contributed by atoms with Crippen LogP contribution in [-0.2, 0) is 4.79 Å². The maximum Gasteiger partial charge on any atom is 0.221 e. The molecule has 0 bridgehead atoms. The van der Waals surface area contributed by atoms with Gasteiger partial charge in [0, 0.05) is 18.3 Å². The lowest BCUT2D eigenvalue weighted by Crippen LogP contribution is -2.06. The molecule has 3 N–H and O–H groups in total. The molecule has 0 saturated carbocycles. The molecule has 1 aromatic rings. The lowest BCUT2D eigenvalue weighted by molar-refractivity contribution is -0.114. The molecule has 3 nitrogen and oxygen atoms in total. The van der Waals surface area contributed by atoms with Gasteiger partial charge in [0.2, 0.25) is 5.91 Å². The number of carbonyl (C=O) groups is 1. The van der Waals surface area contributed by atoms with Gasteiger partial charge in [0.1, 0.15) is 0 Å². The van der Waals surface area contributed by atoms with Crippen LogP contribution in [0.3, 0.4) is 0 Å². The van der Waals surface area contributed by atoms with Gasteiger partial charge in [0.25, 0.3) is 0 Å². The Morgan fingerprint density at radius 1 is 1.36 bits per heavy atom. The minimum Gasteiger partial charge on any atom is -0.399 e. The Hall–Kier alpha value is -1.51. The average Bonchev–Trinajstić information content (AvgIpc) is 2.01. The molecule has 0 aliphatic rings. The van der Waals surface area contributed by atoms with Gasteiger partial charge in [0.05, 0.1) is 0 Å². The quantitative estimate of drug-likeness (QED) is 0.707. The van der Waals surface area contributed by atoms with Gasteiger partial charge >= 0.3 is 0 Å². The summed E-state index contributed by atoms with van der Waals surface area (Å²) in [4.78, 5) is 10.9. The van der Waals surface area contributed by atoms with E-state index < -0.39 is 0 Å². The molecular formula is C11H16N2O. The molecule has 0 fully saturated rings. The first-order chi connectivity index (χ1) is 6.49. The maximum atomic E-state index is 10.9. The van der Waals surface area contributed by atoms with Crippen molar-refractivity contribution in [2.75, 3.05) is 11.1 Å². The molecule has 0 aromatic heterocycles. The smallest absolute Gasteiger partial charge is 0.221 e. The van der Waals surface area contributed by atoms with Crippen molar-refractivity contribution >= 4 is 17.3 Å². The Kier molecular flexibility index (Phi) is 3.12. The normalized spacial score (nSPS) is 10.3. The highest BCUT2D eigenvalue weighted by atomic mass is 16.1. The highest BCUT2D eigenvalue weighted by Crippen LogP contribution is 2.22. The molecule has 1 rings (SSSR count). The fourth-order valence-electron chi connectivity index (χ4n) is 1.29. The molecule has 0 atom stereocenters. The molecule has 0 unspecified atom stereocenters. The summed E-state index contributed by atoms with van der Waals surface area (Å²) in [5.41, 5.74) is 8.30. The van der Waals surface area contributed by atoms with Crippen LogP contribution >= 0.6 is 0 Å². The number of hydrogen-bond acceptors (Lipinski definition) is 2. The van der Waals surface area contributed by atoms with E-state index in [1.54, 1.807) is 6.07 Å². The van der Waals surface area contributed by atoms with Crippen molar-refractivity contribution in [1.82, 2.24) is 0 Å². The summed E-state index contributed by atoms with van der Waals surface area (Å²) < 4.78 is 0. The van der Waals surface area contributed by atoms with Gasteiger partial charge in [-0.25, -0.2) is 0 Å². The zero-order chi connectivity index (χ0) is 10.7. The second-order valence-electron chi connectivity index (χ2n) is 3.72. The Bertz CT molecular complexity index is 345. The van der Waals surface area contributed by atoms with Crippen molar-refractivity contribution in [3.8, 4) is 0 Å². The van der Waals surface area contributed by atoms with E-state index in [0.717, 1.165) is 11.3 Å². The first kappa shape index (κ1) is 10.6. The molecule has 3 heteroatoms. The van der Waals surface area contributed by atoms with E-state index in [2.05, 4.69) is 19.2 Å². The van der Waals surface area contributed by atoms with Crippen molar-refractivity contribution in [2.24, 2.45) is 0 Å². The van der Waals surface area contributed by atoms with Crippen LogP contribution in [-0.4, -0.2) is 5.91 Å². The van der Waals surface area contributed by atoms with Crippen molar-refractivity contribution in [3.05, 3.63) is 23.8 Å². The number of nitrogens with two attached hydrogens (primary N) is 1. The number of hydrogen-bond donors (Lipinski definition) is 2. The largest absolute Gasteiger partial charge is 0.399 e. The van der Waals surface area contributed by atoms with E-state index >= 15 is 0 Å². The van der Waals surface area contributed by atoms with Crippen molar-refractivity contribution in [2.45, 2.75) is 26.7 Å². The van der Waals surface area contributed by atoms with Crippen molar-refractivity contribution < 1.29 is 4.79 Å². The van der Waals surface area contributed by atoms with Crippen molar-refractivity contribution in [3.63, 3.8) is 0 Å². The zero-order valence-corrected chi connectivity index (χ0v) is 8.79. The number of nitrogen functional groups attached to an aromatic ring is 1. The Balaban J connectivity index is 3.01. The molecule has 0 aliphatic heterocycles. The van der Waals surface area contributed by atoms with E-state index in [1.807, 2.05) is 12.1 Å². The summed E-state index contributed by atoms with van der Waals surface area (Å²) in [6, 6.07) is 5.63. The molecule has 0 aliphatic carbocycles. The number of rotatable bonds is 2. The van der Waals surface area contributed by atoms with Gasteiger partial charge in [-0.1, -0.05) is 13.8 Å². The van der Waals surface area contributed by atoms with Crippen LogP contribution in [0, 0.1) is 0 Å². The monoisotopic (exact) mass is 192 g/mol. The zero-order valence-electron chi connectivity index (χ0n) is 8.79. The third-order valence-corrected chi connectivity index (χ3v) is 1.96. The van der Waals surface area contributed by atoms with Gasteiger partial charge in [-0.2, -0.15) is 0 Å². The van der Waals surface area contributed by atoms with E-state index in [0.29, 0.717) is 11.6 Å². The third kappa shape index (κ3) is 2.76. The van der Waals surface area contributed by atoms with Crippen LogP contribution in [0.5, 0.6) is 0 Å². The number of benzene rings is 1. The van der Waals surface area contributed by atoms with Gasteiger partial charge in [0.15, 0.2) is 0 Å². The molecule has 0 spiro atoms. The second-order valence-corrected chi connectivity index (χ2v) is 3.72. The molecule has 0 saturated heterocycles. The van der Waals surface area contributed by atoms with Gasteiger partial charge in [-0.15, -0.1) is 0 Å². The SMILES string of the molecule is CC(=O)Nc1cc(N)cc(C(C)C)c1. The number of nitrogens with one attached hydrogen (secondary N) is 1. The third-order valence-electron chi connectivity index (χ3n) is 1.96. The standard InChI is InChI=1S/C11H16N2O/c1-7(2)9-4-10(12)6-11(5-9)13-8(3)14/h4-7H,12H2,1-3H3,(H,13,14). The highest BCUT2D eigenvalue weighted by Gasteiger charge is 2.03. The summed E-state index contributed by atoms with van der Waals surface area (Å²) in [6.45, 7) is 5.66. The first-order valence-electron chi connectivity index (χ1n) is 4.67. The predicted molar refractivity (Wildman–Crippen MR) is 59.2 cm³/mol. The van der Waals surface area contributed by atoms with Gasteiger partial charge in [-0.3, -0.25) is 4.79 Å². The Morgan fingerprint density at radius 3 is 2.50 bits per heavy atom. The van der Waals surface area contributed by atoms with E-state index in [-0.39, 0.29) is 5.91 Å². The van der Waals surface area contributed by atoms with Crippen LogP contribution < -0.4 is 11.1 Å².